The molecule has 0 aliphatic heterocycles. The zero-order valence-corrected chi connectivity index (χ0v) is 32.4. The highest BCUT2D eigenvalue weighted by Gasteiger charge is 2.19. The Morgan fingerprint density at radius 3 is 1.50 bits per heavy atom. The molecule has 0 bridgehead atoms. The summed E-state index contributed by atoms with van der Waals surface area (Å²) < 4.78 is 4.68. The van der Waals surface area contributed by atoms with Gasteiger partial charge in [-0.25, -0.2) is 15.0 Å². The van der Waals surface area contributed by atoms with E-state index < -0.39 is 0 Å². The third kappa shape index (κ3) is 5.59. The molecular weight excluding hydrogens is 731 g/mol. The van der Waals surface area contributed by atoms with Gasteiger partial charge in [0.05, 0.1) is 22.1 Å². The van der Waals surface area contributed by atoms with E-state index in [9.17, 15) is 0 Å². The Kier molecular flexibility index (Phi) is 7.78. The second-order valence-electron chi connectivity index (χ2n) is 15.3. The minimum absolute atomic E-state index is 0.612. The van der Waals surface area contributed by atoms with Crippen LogP contribution in [0.5, 0.6) is 0 Å². The molecule has 5 nitrogen and oxygen atoms in total. The molecule has 0 radical (unpaired) electrons. The van der Waals surface area contributed by atoms with Gasteiger partial charge in [-0.2, -0.15) is 0 Å². The molecule has 0 unspecified atom stereocenters. The number of aromatic nitrogens is 5. The first kappa shape index (κ1) is 33.9. The molecule has 0 N–H and O–H groups in total. The highest BCUT2D eigenvalue weighted by molar-refractivity contribution is 6.11. The Bertz CT molecular complexity index is 3600. The van der Waals surface area contributed by atoms with E-state index in [1.54, 1.807) is 0 Å². The lowest BCUT2D eigenvalue weighted by molar-refractivity contribution is 1.07. The van der Waals surface area contributed by atoms with Gasteiger partial charge in [-0.1, -0.05) is 152 Å². The number of rotatable bonds is 6. The molecule has 60 heavy (non-hydrogen) atoms. The molecule has 12 aromatic rings. The van der Waals surface area contributed by atoms with E-state index in [0.717, 1.165) is 55.5 Å². The van der Waals surface area contributed by atoms with Crippen LogP contribution in [0.3, 0.4) is 0 Å². The summed E-state index contributed by atoms with van der Waals surface area (Å²) in [5, 5.41) is 7.11. The molecule has 0 amide bonds. The van der Waals surface area contributed by atoms with Crippen molar-refractivity contribution in [2.75, 3.05) is 0 Å². The van der Waals surface area contributed by atoms with E-state index >= 15 is 0 Å². The van der Waals surface area contributed by atoms with E-state index in [2.05, 4.69) is 221 Å². The summed E-state index contributed by atoms with van der Waals surface area (Å²) in [6, 6.07) is 75.1. The first-order valence-electron chi connectivity index (χ1n) is 20.3. The molecule has 0 saturated heterocycles. The largest absolute Gasteiger partial charge is 0.309 e. The van der Waals surface area contributed by atoms with E-state index in [1.165, 1.54) is 38.1 Å². The molecule has 3 aromatic heterocycles. The van der Waals surface area contributed by atoms with Gasteiger partial charge >= 0.3 is 0 Å². The predicted octanol–water partition coefficient (Wildman–Crippen LogP) is 13.9. The molecule has 0 aliphatic carbocycles. The van der Waals surface area contributed by atoms with Crippen LogP contribution in [0.4, 0.5) is 0 Å². The van der Waals surface area contributed by atoms with Crippen LogP contribution >= 0.6 is 0 Å². The molecule has 0 saturated carbocycles. The number of para-hydroxylation sites is 3. The van der Waals surface area contributed by atoms with Crippen molar-refractivity contribution in [2.45, 2.75) is 0 Å². The normalized spacial score (nSPS) is 11.7. The summed E-state index contributed by atoms with van der Waals surface area (Å²) in [6.07, 6.45) is 0. The molecule has 3 heterocycles. The van der Waals surface area contributed by atoms with Crippen LogP contribution in [0.25, 0.3) is 111 Å². The van der Waals surface area contributed by atoms with Gasteiger partial charge in [-0.05, 0) is 82.6 Å². The van der Waals surface area contributed by atoms with Crippen molar-refractivity contribution in [1.82, 2.24) is 24.1 Å². The first-order chi connectivity index (χ1) is 29.7. The van der Waals surface area contributed by atoms with Gasteiger partial charge in [-0.3, -0.25) is 0 Å². The Morgan fingerprint density at radius 2 is 0.750 bits per heavy atom. The SMILES string of the molecule is c1ccc(-c2ccc3c(c2)c2ccccc2n3-c2cccc(-c3nc(-c4ccc5ccccc5c4)nc(-c4ccc5c6ccccc6n(-c6ccccc6)c5c4)n3)c2)cc1. The van der Waals surface area contributed by atoms with Crippen LogP contribution in [0.15, 0.2) is 212 Å². The van der Waals surface area contributed by atoms with Crippen LogP contribution in [-0.4, -0.2) is 24.1 Å². The number of nitrogens with zero attached hydrogens (tertiary/aromatic N) is 5. The summed E-state index contributed by atoms with van der Waals surface area (Å²) in [5.74, 6) is 1.85. The Hall–Kier alpha value is -8.15. The lowest BCUT2D eigenvalue weighted by Crippen LogP contribution is -2.01. The molecule has 5 heteroatoms. The van der Waals surface area contributed by atoms with Gasteiger partial charge in [0.1, 0.15) is 0 Å². The van der Waals surface area contributed by atoms with Gasteiger partial charge < -0.3 is 9.13 Å². The zero-order chi connectivity index (χ0) is 39.6. The molecule has 9 aromatic carbocycles. The third-order valence-corrected chi connectivity index (χ3v) is 11.7. The van der Waals surface area contributed by atoms with Crippen LogP contribution in [0.2, 0.25) is 0 Å². The number of benzene rings is 9. The number of hydrogen-bond acceptors (Lipinski definition) is 3. The highest BCUT2D eigenvalue weighted by atomic mass is 15.0. The lowest BCUT2D eigenvalue weighted by Gasteiger charge is -2.12. The van der Waals surface area contributed by atoms with Crippen molar-refractivity contribution in [1.29, 1.82) is 0 Å². The Morgan fingerprint density at radius 1 is 0.250 bits per heavy atom. The predicted molar refractivity (Wildman–Crippen MR) is 248 cm³/mol. The molecule has 0 atom stereocenters. The first-order valence-corrected chi connectivity index (χ1v) is 20.3. The average Bonchev–Trinajstić information content (AvgIpc) is 3.84. The molecule has 12 rings (SSSR count). The van der Waals surface area contributed by atoms with Crippen LogP contribution in [0, 0.1) is 0 Å². The van der Waals surface area contributed by atoms with Crippen molar-refractivity contribution < 1.29 is 0 Å². The molecule has 280 valence electrons. The van der Waals surface area contributed by atoms with Crippen molar-refractivity contribution in [3.8, 4) is 56.7 Å². The van der Waals surface area contributed by atoms with Crippen molar-refractivity contribution in [3.63, 3.8) is 0 Å². The van der Waals surface area contributed by atoms with Crippen molar-refractivity contribution in [3.05, 3.63) is 212 Å². The van der Waals surface area contributed by atoms with Gasteiger partial charge in [-0.15, -0.1) is 0 Å². The van der Waals surface area contributed by atoms with Crippen LogP contribution in [-0.2, 0) is 0 Å². The standard InChI is InChI=1S/C55H35N5/c1-3-14-36(15-4-1)39-29-31-51-48(34-39)46-23-10-12-25-50(46)60(51)44-21-13-18-40(33-44)53-56-54(41-27-26-37-16-7-8-17-38(37)32-41)58-55(57-53)42-28-30-47-45-22-9-11-24-49(45)59(52(47)35-42)43-19-5-2-6-20-43/h1-35H. The second-order valence-corrected chi connectivity index (χ2v) is 15.3. The summed E-state index contributed by atoms with van der Waals surface area (Å²) in [5.41, 5.74) is 11.8. The van der Waals surface area contributed by atoms with Crippen molar-refractivity contribution >= 4 is 54.4 Å². The summed E-state index contributed by atoms with van der Waals surface area (Å²) in [7, 11) is 0. The number of hydrogen-bond donors (Lipinski definition) is 0. The average molecular weight is 766 g/mol. The zero-order valence-electron chi connectivity index (χ0n) is 32.4. The monoisotopic (exact) mass is 765 g/mol. The highest BCUT2D eigenvalue weighted by Crippen LogP contribution is 2.38. The topological polar surface area (TPSA) is 48.5 Å². The van der Waals surface area contributed by atoms with Gasteiger partial charge in [0.15, 0.2) is 17.5 Å². The minimum atomic E-state index is 0.612. The maximum Gasteiger partial charge on any atom is 0.164 e. The molecule has 0 fully saturated rings. The lowest BCUT2D eigenvalue weighted by atomic mass is 10.0. The Balaban J connectivity index is 1.05. The molecule has 0 aliphatic rings. The van der Waals surface area contributed by atoms with Gasteiger partial charge in [0.25, 0.3) is 0 Å². The second kappa shape index (κ2) is 13.8. The maximum absolute atomic E-state index is 5.28. The fourth-order valence-electron chi connectivity index (χ4n) is 8.90. The van der Waals surface area contributed by atoms with E-state index in [4.69, 9.17) is 15.0 Å². The van der Waals surface area contributed by atoms with Crippen molar-refractivity contribution in [2.24, 2.45) is 0 Å². The smallest absolute Gasteiger partial charge is 0.164 e. The van der Waals surface area contributed by atoms with Gasteiger partial charge in [0, 0.05) is 49.6 Å². The van der Waals surface area contributed by atoms with E-state index in [0.29, 0.717) is 17.5 Å². The summed E-state index contributed by atoms with van der Waals surface area (Å²) in [4.78, 5) is 15.7. The fraction of sp³-hybridized carbons (Fsp3) is 0. The van der Waals surface area contributed by atoms with Crippen LogP contribution in [0.1, 0.15) is 0 Å². The summed E-state index contributed by atoms with van der Waals surface area (Å²) >= 11 is 0. The van der Waals surface area contributed by atoms with E-state index in [1.807, 2.05) is 0 Å². The van der Waals surface area contributed by atoms with Crippen LogP contribution < -0.4 is 0 Å². The minimum Gasteiger partial charge on any atom is -0.309 e. The Labute approximate surface area is 346 Å². The summed E-state index contributed by atoms with van der Waals surface area (Å²) in [6.45, 7) is 0. The number of fused-ring (bicyclic) bond motifs is 7. The quantitative estimate of drug-likeness (QED) is 0.169. The van der Waals surface area contributed by atoms with E-state index in [-0.39, 0.29) is 0 Å². The third-order valence-electron chi connectivity index (χ3n) is 11.7. The van der Waals surface area contributed by atoms with Gasteiger partial charge in [0.2, 0.25) is 0 Å². The fourth-order valence-corrected chi connectivity index (χ4v) is 8.90. The molecule has 0 spiro atoms. The maximum atomic E-state index is 5.28. The molecular formula is C55H35N5.